The van der Waals surface area contributed by atoms with Gasteiger partial charge in [0.15, 0.2) is 0 Å². The minimum atomic E-state index is -1.71. The minimum Gasteiger partial charge on any atom is -0.497 e. The first-order chi connectivity index (χ1) is 13.5. The summed E-state index contributed by atoms with van der Waals surface area (Å²) in [5.41, 5.74) is -0.776. The number of pyridine rings is 1. The van der Waals surface area contributed by atoms with Crippen LogP contribution >= 0.6 is 0 Å². The Hall–Kier alpha value is -2.80. The summed E-state index contributed by atoms with van der Waals surface area (Å²) in [7, 11) is 1.54. The summed E-state index contributed by atoms with van der Waals surface area (Å²) in [4.78, 5) is 28.2. The molecule has 1 aromatic heterocycles. The molecule has 1 saturated carbocycles. The van der Waals surface area contributed by atoms with Crippen LogP contribution in [0.1, 0.15) is 36.9 Å². The van der Waals surface area contributed by atoms with Crippen molar-refractivity contribution < 1.29 is 19.6 Å². The van der Waals surface area contributed by atoms with Gasteiger partial charge in [0.25, 0.3) is 0 Å². The first-order valence-electron chi connectivity index (χ1n) is 9.35. The molecule has 0 saturated heterocycles. The molecular weight excluding hydrogens is 360 g/mol. The van der Waals surface area contributed by atoms with E-state index < -0.39 is 29.4 Å². The lowest BCUT2D eigenvalue weighted by Crippen LogP contribution is -2.41. The van der Waals surface area contributed by atoms with Crippen molar-refractivity contribution >= 4 is 6.29 Å². The highest BCUT2D eigenvalue weighted by atomic mass is 16.6. The third-order valence-electron chi connectivity index (χ3n) is 5.81. The summed E-state index contributed by atoms with van der Waals surface area (Å²) in [6, 6.07) is 10.8. The van der Waals surface area contributed by atoms with Crippen LogP contribution < -0.4 is 4.74 Å². The highest BCUT2D eigenvalue weighted by Gasteiger charge is 2.66. The molecule has 0 spiro atoms. The summed E-state index contributed by atoms with van der Waals surface area (Å²) in [5, 5.41) is 23.8. The molecule has 1 N–H and O–H groups in total. The Kier molecular flexibility index (Phi) is 5.74. The first kappa shape index (κ1) is 19.9. The van der Waals surface area contributed by atoms with Gasteiger partial charge in [0, 0.05) is 11.1 Å². The van der Waals surface area contributed by atoms with Crippen LogP contribution in [-0.2, 0) is 10.4 Å². The number of methoxy groups -OCH3 is 1. The molecule has 0 aliphatic heterocycles. The molecule has 1 fully saturated rings. The van der Waals surface area contributed by atoms with Gasteiger partial charge in [0.05, 0.1) is 30.6 Å². The lowest BCUT2D eigenvalue weighted by atomic mass is 9.77. The van der Waals surface area contributed by atoms with Gasteiger partial charge >= 0.3 is 0 Å². The number of ether oxygens (including phenoxy) is 1. The van der Waals surface area contributed by atoms with E-state index >= 15 is 0 Å². The molecule has 0 radical (unpaired) electrons. The molecule has 3 rings (SSSR count). The van der Waals surface area contributed by atoms with Crippen molar-refractivity contribution in [1.29, 1.82) is 0 Å². The monoisotopic (exact) mass is 384 g/mol. The van der Waals surface area contributed by atoms with E-state index in [2.05, 4.69) is 4.98 Å². The van der Waals surface area contributed by atoms with Gasteiger partial charge in [-0.3, -0.25) is 15.1 Å². The summed E-state index contributed by atoms with van der Waals surface area (Å²) in [5.74, 6) is -1.86. The van der Waals surface area contributed by atoms with Gasteiger partial charge in [-0.1, -0.05) is 31.5 Å². The fourth-order valence-corrected chi connectivity index (χ4v) is 4.60. The van der Waals surface area contributed by atoms with Crippen LogP contribution in [0.3, 0.4) is 0 Å². The fourth-order valence-electron chi connectivity index (χ4n) is 4.60. The van der Waals surface area contributed by atoms with Crippen molar-refractivity contribution in [2.24, 2.45) is 11.8 Å². The second-order valence-electron chi connectivity index (χ2n) is 7.17. The lowest BCUT2D eigenvalue weighted by Gasteiger charge is -2.32. The van der Waals surface area contributed by atoms with E-state index in [-0.39, 0.29) is 4.92 Å². The first-order valence-corrected chi connectivity index (χ1v) is 9.35. The quantitative estimate of drug-likeness (QED) is 0.447. The molecule has 148 valence electrons. The van der Waals surface area contributed by atoms with E-state index in [1.165, 1.54) is 13.3 Å². The average Bonchev–Trinajstić information content (AvgIpc) is 2.98. The summed E-state index contributed by atoms with van der Waals surface area (Å²) in [6.07, 6.45) is 3.23. The van der Waals surface area contributed by atoms with Gasteiger partial charge in [0.2, 0.25) is 6.04 Å². The third kappa shape index (κ3) is 3.16. The Morgan fingerprint density at radius 1 is 1.29 bits per heavy atom. The van der Waals surface area contributed by atoms with Crippen LogP contribution in [0.25, 0.3) is 0 Å². The van der Waals surface area contributed by atoms with Crippen molar-refractivity contribution in [3.8, 4) is 5.75 Å². The zero-order chi connectivity index (χ0) is 20.3. The van der Waals surface area contributed by atoms with Crippen LogP contribution in [-0.4, -0.2) is 34.5 Å². The number of aromatic nitrogens is 1. The molecule has 1 heterocycles. The molecule has 0 bridgehead atoms. The lowest BCUT2D eigenvalue weighted by molar-refractivity contribution is -0.534. The maximum atomic E-state index is 12.2. The zero-order valence-electron chi connectivity index (χ0n) is 15.9. The number of carbonyl (C=O) groups excluding carboxylic acids is 1. The number of benzene rings is 1. The number of hydrogen-bond donors (Lipinski definition) is 1. The molecule has 0 unspecified atom stereocenters. The number of nitro groups is 1. The average molecular weight is 384 g/mol. The fraction of sp³-hybridized carbons (Fsp3) is 0.429. The topological polar surface area (TPSA) is 103 Å². The smallest absolute Gasteiger partial charge is 0.226 e. The summed E-state index contributed by atoms with van der Waals surface area (Å²) in [6.45, 7) is 1.91. The largest absolute Gasteiger partial charge is 0.497 e. The van der Waals surface area contributed by atoms with E-state index in [4.69, 9.17) is 4.74 Å². The molecule has 2 aromatic rings. The predicted molar refractivity (Wildman–Crippen MR) is 103 cm³/mol. The number of aldehydes is 1. The molecule has 1 aliphatic rings. The predicted octanol–water partition coefficient (Wildman–Crippen LogP) is 2.95. The van der Waals surface area contributed by atoms with Gasteiger partial charge < -0.3 is 14.6 Å². The number of nitrogens with zero attached hydrogens (tertiary/aromatic N) is 2. The Labute approximate surface area is 163 Å². The number of rotatable bonds is 7. The molecule has 1 aliphatic carbocycles. The summed E-state index contributed by atoms with van der Waals surface area (Å²) >= 11 is 0. The Morgan fingerprint density at radius 2 is 2.00 bits per heavy atom. The van der Waals surface area contributed by atoms with Crippen molar-refractivity contribution in [1.82, 2.24) is 4.98 Å². The molecule has 5 atom stereocenters. The van der Waals surface area contributed by atoms with Gasteiger partial charge in [-0.15, -0.1) is 0 Å². The van der Waals surface area contributed by atoms with E-state index in [1.54, 1.807) is 42.5 Å². The van der Waals surface area contributed by atoms with Crippen LogP contribution in [0.15, 0.2) is 48.7 Å². The zero-order valence-corrected chi connectivity index (χ0v) is 15.9. The van der Waals surface area contributed by atoms with E-state index in [1.807, 2.05) is 6.92 Å². The Morgan fingerprint density at radius 3 is 2.50 bits per heavy atom. The Bertz CT molecular complexity index is 826. The van der Waals surface area contributed by atoms with Crippen molar-refractivity contribution in [2.45, 2.75) is 37.3 Å². The number of hydrogen-bond acceptors (Lipinski definition) is 6. The third-order valence-corrected chi connectivity index (χ3v) is 5.81. The minimum absolute atomic E-state index is 0.299. The van der Waals surface area contributed by atoms with E-state index in [0.717, 1.165) is 0 Å². The normalized spacial score (nSPS) is 29.4. The van der Waals surface area contributed by atoms with E-state index in [0.29, 0.717) is 36.1 Å². The van der Waals surface area contributed by atoms with Gasteiger partial charge in [0.1, 0.15) is 17.6 Å². The van der Waals surface area contributed by atoms with E-state index in [9.17, 15) is 20.0 Å². The Balaban J connectivity index is 2.19. The maximum absolute atomic E-state index is 12.2. The van der Waals surface area contributed by atoms with Gasteiger partial charge in [-0.25, -0.2) is 0 Å². The maximum Gasteiger partial charge on any atom is 0.226 e. The standard InChI is InChI=1S/C21H24N2O5/c1-3-6-16-20(23(26)27)19(14-8-10-15(28-2)11-9-14)17(13-24)21(16,25)18-7-4-5-12-22-18/h4-5,7-13,16-17,19-20,25H,3,6H2,1-2H3/t16-,17+,19+,20-,21-/m0/s1. The second-order valence-corrected chi connectivity index (χ2v) is 7.17. The van der Waals surface area contributed by atoms with Gasteiger partial charge in [-0.05, 0) is 36.2 Å². The molecule has 28 heavy (non-hydrogen) atoms. The SMILES string of the molecule is CCC[C@H]1[C@H]([N+](=O)[O-])[C@H](c2ccc(OC)cc2)[C@@H](C=O)[C@]1(O)c1ccccn1. The molecular formula is C21H24N2O5. The highest BCUT2D eigenvalue weighted by molar-refractivity contribution is 5.61. The number of carbonyl (C=O) groups is 1. The molecule has 7 nitrogen and oxygen atoms in total. The molecule has 7 heteroatoms. The summed E-state index contributed by atoms with van der Waals surface area (Å²) < 4.78 is 5.17. The molecule has 0 amide bonds. The van der Waals surface area contributed by atoms with Crippen molar-refractivity contribution in [3.05, 3.63) is 70.0 Å². The van der Waals surface area contributed by atoms with Crippen LogP contribution in [0.2, 0.25) is 0 Å². The highest BCUT2D eigenvalue weighted by Crippen LogP contribution is 2.56. The second kappa shape index (κ2) is 8.06. The van der Waals surface area contributed by atoms with Crippen molar-refractivity contribution in [3.63, 3.8) is 0 Å². The van der Waals surface area contributed by atoms with Crippen LogP contribution in [0, 0.1) is 22.0 Å². The van der Waals surface area contributed by atoms with Crippen LogP contribution in [0.4, 0.5) is 0 Å². The molecule has 1 aromatic carbocycles. The van der Waals surface area contributed by atoms with Gasteiger partial charge in [-0.2, -0.15) is 0 Å². The van der Waals surface area contributed by atoms with Crippen molar-refractivity contribution in [2.75, 3.05) is 7.11 Å². The van der Waals surface area contributed by atoms with Crippen LogP contribution in [0.5, 0.6) is 5.75 Å². The number of aliphatic hydroxyl groups is 1.